The van der Waals surface area contributed by atoms with Crippen LogP contribution < -0.4 is 4.90 Å². The molecule has 2 aliphatic heterocycles. The highest BCUT2D eigenvalue weighted by atomic mass is 32.1. The van der Waals surface area contributed by atoms with E-state index in [1.165, 1.54) is 10.9 Å². The number of morpholine rings is 1. The molecule has 4 aromatic rings. The number of likely N-dealkylation sites (tertiary alicyclic amines) is 1. The first-order chi connectivity index (χ1) is 17.4. The van der Waals surface area contributed by atoms with Gasteiger partial charge in [0.2, 0.25) is 0 Å². The Balaban J connectivity index is 1.37. The number of rotatable bonds is 5. The third-order valence-corrected chi connectivity index (χ3v) is 8.69. The third kappa shape index (κ3) is 4.49. The number of benzene rings is 1. The number of thiophene rings is 1. The average Bonchev–Trinajstić information content (AvgIpc) is 3.50. The molecule has 5 heterocycles. The molecular weight excluding hydrogens is 477 g/mol. The van der Waals surface area contributed by atoms with Gasteiger partial charge in [0, 0.05) is 41.6 Å². The molecule has 6 rings (SSSR count). The zero-order chi connectivity index (χ0) is 24.9. The summed E-state index contributed by atoms with van der Waals surface area (Å²) in [5.41, 5.74) is 1.54. The van der Waals surface area contributed by atoms with Gasteiger partial charge in [0.1, 0.15) is 5.82 Å². The van der Waals surface area contributed by atoms with Crippen molar-refractivity contribution in [2.45, 2.75) is 38.8 Å². The van der Waals surface area contributed by atoms with E-state index in [4.69, 9.17) is 14.7 Å². The molecule has 0 bridgehead atoms. The smallest absolute Gasteiger partial charge is 0.165 e. The lowest BCUT2D eigenvalue weighted by Gasteiger charge is -2.37. The van der Waals surface area contributed by atoms with Crippen molar-refractivity contribution in [1.82, 2.24) is 19.9 Å². The van der Waals surface area contributed by atoms with Crippen molar-refractivity contribution < 1.29 is 14.2 Å². The van der Waals surface area contributed by atoms with E-state index < -0.39 is 5.60 Å². The highest BCUT2D eigenvalue weighted by Gasteiger charge is 2.31. The molecule has 2 fully saturated rings. The second kappa shape index (κ2) is 9.37. The number of hydrogen-bond donors (Lipinski definition) is 2. The first-order valence-corrected chi connectivity index (χ1v) is 13.5. The summed E-state index contributed by atoms with van der Waals surface area (Å²) in [5.74, 6) is 1.30. The van der Waals surface area contributed by atoms with E-state index in [0.29, 0.717) is 30.5 Å². The Kier molecular flexibility index (Phi) is 6.19. The fourth-order valence-electron chi connectivity index (χ4n) is 5.50. The summed E-state index contributed by atoms with van der Waals surface area (Å²) in [6.45, 7) is 9.42. The second-order valence-electron chi connectivity index (χ2n) is 10.5. The molecule has 0 spiro atoms. The maximum Gasteiger partial charge on any atom is 0.165 e. The van der Waals surface area contributed by atoms with Crippen molar-refractivity contribution in [1.29, 1.82) is 0 Å². The van der Waals surface area contributed by atoms with Crippen LogP contribution >= 0.6 is 11.3 Å². The van der Waals surface area contributed by atoms with Crippen LogP contribution in [0.2, 0.25) is 0 Å². The number of nitrogens with zero attached hydrogens (tertiary/aromatic N) is 4. The van der Waals surface area contributed by atoms with Gasteiger partial charge in [0.05, 0.1) is 34.6 Å². The van der Waals surface area contributed by atoms with Gasteiger partial charge in [-0.15, -0.1) is 11.3 Å². The van der Waals surface area contributed by atoms with Crippen LogP contribution in [-0.4, -0.2) is 70.0 Å². The van der Waals surface area contributed by atoms with Crippen molar-refractivity contribution in [2.24, 2.45) is 5.92 Å². The fraction of sp³-hybridized carbons (Fsp3) is 0.481. The predicted octanol–water partition coefficient (Wildman–Crippen LogP) is 4.80. The molecule has 2 saturated heterocycles. The minimum Gasteiger partial charge on any atom is -0.390 e. The Labute approximate surface area is 213 Å². The van der Waals surface area contributed by atoms with Crippen LogP contribution in [0.4, 0.5) is 10.2 Å². The quantitative estimate of drug-likeness (QED) is 0.403. The molecule has 0 atom stereocenters. The molecule has 0 unspecified atom stereocenters. The molecule has 1 aromatic carbocycles. The van der Waals surface area contributed by atoms with Crippen LogP contribution in [0.1, 0.15) is 31.6 Å². The summed E-state index contributed by atoms with van der Waals surface area (Å²) in [4.78, 5) is 18.9. The van der Waals surface area contributed by atoms with Crippen LogP contribution in [-0.2, 0) is 11.3 Å². The van der Waals surface area contributed by atoms with Crippen LogP contribution in [0.5, 0.6) is 0 Å². The standard InChI is InChI=1S/C27H32FN5O2S/c1-27(2,34)17-6-9-32(10-7-17)16-18-15-22-24(36-18)26(33-11-13-35-14-12-33)31-25(30-22)23-19-5-8-29-21(19)4-3-20(23)28/h3-5,8,15,17,29,34H,6-7,9-14,16H2,1-2H3. The number of piperidine rings is 1. The minimum absolute atomic E-state index is 0.320. The van der Waals surface area contributed by atoms with Crippen molar-refractivity contribution in [2.75, 3.05) is 44.3 Å². The molecule has 9 heteroatoms. The van der Waals surface area contributed by atoms with Gasteiger partial charge in [-0.2, -0.15) is 0 Å². The number of anilines is 1. The van der Waals surface area contributed by atoms with Gasteiger partial charge in [-0.3, -0.25) is 4.90 Å². The van der Waals surface area contributed by atoms with E-state index >= 15 is 4.39 Å². The van der Waals surface area contributed by atoms with Crippen LogP contribution in [0.15, 0.2) is 30.5 Å². The first kappa shape index (κ1) is 23.8. The SMILES string of the molecule is CC(C)(O)C1CCN(Cc2cc3nc(-c4c(F)ccc5[nH]ccc45)nc(N4CCOCC4)c3s2)CC1. The Morgan fingerprint density at radius 2 is 1.92 bits per heavy atom. The van der Waals surface area contributed by atoms with Crippen LogP contribution in [0.3, 0.4) is 0 Å². The monoisotopic (exact) mass is 509 g/mol. The zero-order valence-corrected chi connectivity index (χ0v) is 21.6. The normalized spacial score (nSPS) is 18.5. The number of nitrogens with one attached hydrogen (secondary N) is 1. The maximum atomic E-state index is 15.1. The van der Waals surface area contributed by atoms with Gasteiger partial charge in [-0.05, 0) is 70.0 Å². The zero-order valence-electron chi connectivity index (χ0n) is 20.8. The average molecular weight is 510 g/mol. The molecule has 3 aromatic heterocycles. The molecule has 36 heavy (non-hydrogen) atoms. The first-order valence-electron chi connectivity index (χ1n) is 12.7. The Morgan fingerprint density at radius 3 is 2.67 bits per heavy atom. The lowest BCUT2D eigenvalue weighted by molar-refractivity contribution is -0.0134. The predicted molar refractivity (Wildman–Crippen MR) is 142 cm³/mol. The Bertz CT molecular complexity index is 1380. The molecule has 0 saturated carbocycles. The van der Waals surface area contributed by atoms with E-state index in [1.807, 2.05) is 26.1 Å². The van der Waals surface area contributed by atoms with Gasteiger partial charge in [0.25, 0.3) is 0 Å². The highest BCUT2D eigenvalue weighted by Crippen LogP contribution is 2.38. The number of aromatic nitrogens is 3. The molecular formula is C27H32FN5O2S. The number of aromatic amines is 1. The van der Waals surface area contributed by atoms with E-state index in [2.05, 4.69) is 20.9 Å². The Morgan fingerprint density at radius 1 is 1.14 bits per heavy atom. The van der Waals surface area contributed by atoms with Crippen LogP contribution in [0.25, 0.3) is 32.5 Å². The van der Waals surface area contributed by atoms with Crippen molar-refractivity contribution in [3.63, 3.8) is 0 Å². The van der Waals surface area contributed by atoms with Crippen molar-refractivity contribution >= 4 is 38.3 Å². The van der Waals surface area contributed by atoms with E-state index in [1.54, 1.807) is 17.4 Å². The number of ether oxygens (including phenoxy) is 1. The summed E-state index contributed by atoms with van der Waals surface area (Å²) < 4.78 is 21.8. The fourth-order valence-corrected chi connectivity index (χ4v) is 6.65. The van der Waals surface area contributed by atoms with E-state index in [-0.39, 0.29) is 5.82 Å². The highest BCUT2D eigenvalue weighted by molar-refractivity contribution is 7.19. The van der Waals surface area contributed by atoms with Gasteiger partial charge in [-0.1, -0.05) is 0 Å². The van der Waals surface area contributed by atoms with Crippen molar-refractivity contribution in [3.8, 4) is 11.4 Å². The largest absolute Gasteiger partial charge is 0.390 e. The number of aliphatic hydroxyl groups is 1. The topological polar surface area (TPSA) is 77.5 Å². The summed E-state index contributed by atoms with van der Waals surface area (Å²) in [7, 11) is 0. The molecule has 0 amide bonds. The number of fused-ring (bicyclic) bond motifs is 2. The molecule has 0 aliphatic carbocycles. The lowest BCUT2D eigenvalue weighted by Crippen LogP contribution is -2.41. The van der Waals surface area contributed by atoms with Crippen LogP contribution in [0, 0.1) is 11.7 Å². The second-order valence-corrected chi connectivity index (χ2v) is 11.6. The van der Waals surface area contributed by atoms with Crippen molar-refractivity contribution in [3.05, 3.63) is 41.2 Å². The molecule has 2 N–H and O–H groups in total. The molecule has 2 aliphatic rings. The van der Waals surface area contributed by atoms with Gasteiger partial charge >= 0.3 is 0 Å². The number of halogens is 1. The summed E-state index contributed by atoms with van der Waals surface area (Å²) >= 11 is 1.73. The van der Waals surface area contributed by atoms with E-state index in [0.717, 1.165) is 72.5 Å². The number of H-pyrrole nitrogens is 1. The maximum absolute atomic E-state index is 15.1. The lowest BCUT2D eigenvalue weighted by atomic mass is 9.83. The molecule has 7 nitrogen and oxygen atoms in total. The summed E-state index contributed by atoms with van der Waals surface area (Å²) in [6, 6.07) is 7.25. The summed E-state index contributed by atoms with van der Waals surface area (Å²) in [5, 5.41) is 11.2. The molecule has 0 radical (unpaired) electrons. The summed E-state index contributed by atoms with van der Waals surface area (Å²) in [6.07, 6.45) is 3.81. The van der Waals surface area contributed by atoms with E-state index in [9.17, 15) is 5.11 Å². The minimum atomic E-state index is -0.625. The van der Waals surface area contributed by atoms with Gasteiger partial charge in [-0.25, -0.2) is 14.4 Å². The van der Waals surface area contributed by atoms with Gasteiger partial charge in [0.15, 0.2) is 11.6 Å². The third-order valence-electron chi connectivity index (χ3n) is 7.59. The van der Waals surface area contributed by atoms with Gasteiger partial charge < -0.3 is 19.7 Å². The number of hydrogen-bond acceptors (Lipinski definition) is 7. The Hall–Kier alpha value is -2.59. The molecule has 190 valence electrons.